The highest BCUT2D eigenvalue weighted by Gasteiger charge is 2.09. The van der Waals surface area contributed by atoms with Crippen molar-refractivity contribution in [2.45, 2.75) is 10.9 Å². The Morgan fingerprint density at radius 2 is 2.20 bits per heavy atom. The average Bonchev–Trinajstić information content (AvgIpc) is 2.93. The Balaban J connectivity index is 1.86. The number of imidazole rings is 1. The predicted octanol–water partition coefficient (Wildman–Crippen LogP) is 2.36. The molecule has 0 atom stereocenters. The summed E-state index contributed by atoms with van der Waals surface area (Å²) in [6.45, 7) is 0. The summed E-state index contributed by atoms with van der Waals surface area (Å²) in [5, 5.41) is 7.97. The van der Waals surface area contributed by atoms with E-state index in [4.69, 9.17) is 23.2 Å². The van der Waals surface area contributed by atoms with Crippen LogP contribution in [-0.4, -0.2) is 24.1 Å². The Morgan fingerprint density at radius 1 is 1.40 bits per heavy atom. The Bertz CT molecular complexity index is 837. The lowest BCUT2D eigenvalue weighted by Crippen LogP contribution is -2.12. The fourth-order valence-electron chi connectivity index (χ4n) is 1.74. The van der Waals surface area contributed by atoms with Crippen LogP contribution in [0.15, 0.2) is 28.4 Å². The van der Waals surface area contributed by atoms with Crippen LogP contribution in [0.4, 0.5) is 0 Å². The van der Waals surface area contributed by atoms with Crippen molar-refractivity contribution in [3.63, 3.8) is 0 Å². The summed E-state index contributed by atoms with van der Waals surface area (Å²) in [6, 6.07) is 1.65. The molecule has 0 saturated carbocycles. The second kappa shape index (κ2) is 5.16. The number of hydrogen-bond acceptors (Lipinski definition) is 4. The van der Waals surface area contributed by atoms with Crippen LogP contribution in [0.5, 0.6) is 0 Å². The van der Waals surface area contributed by atoms with Crippen molar-refractivity contribution in [3.8, 4) is 0 Å². The molecule has 3 heterocycles. The maximum Gasteiger partial charge on any atom is 0.343 e. The van der Waals surface area contributed by atoms with Gasteiger partial charge in [0.15, 0.2) is 10.8 Å². The molecule has 0 aliphatic carbocycles. The standard InChI is InChI=1S/C11H9Cl2N5OS/c1-17-10(19)15-16-11(17)20-5-7-4-18-3-6(12)2-8(13)9(18)14-7/h2-4H,5H2,1H3,(H,15,19). The van der Waals surface area contributed by atoms with Crippen LogP contribution in [0.2, 0.25) is 10.0 Å². The van der Waals surface area contributed by atoms with Crippen molar-refractivity contribution in [1.29, 1.82) is 0 Å². The zero-order valence-corrected chi connectivity index (χ0v) is 12.6. The number of rotatable bonds is 3. The molecule has 0 aliphatic rings. The number of aromatic amines is 1. The molecule has 0 unspecified atom stereocenters. The summed E-state index contributed by atoms with van der Waals surface area (Å²) in [5.74, 6) is 0.577. The van der Waals surface area contributed by atoms with Crippen molar-refractivity contribution in [2.24, 2.45) is 7.05 Å². The quantitative estimate of drug-likeness (QED) is 0.749. The first-order valence-corrected chi connectivity index (χ1v) is 7.35. The molecule has 3 aromatic rings. The fourth-order valence-corrected chi connectivity index (χ4v) is 3.08. The van der Waals surface area contributed by atoms with Crippen LogP contribution in [0.25, 0.3) is 5.65 Å². The fraction of sp³-hybridized carbons (Fsp3) is 0.182. The summed E-state index contributed by atoms with van der Waals surface area (Å²) in [5.41, 5.74) is 1.24. The van der Waals surface area contributed by atoms with Crippen LogP contribution in [0, 0.1) is 0 Å². The van der Waals surface area contributed by atoms with Crippen LogP contribution in [-0.2, 0) is 12.8 Å². The smallest absolute Gasteiger partial charge is 0.304 e. The summed E-state index contributed by atoms with van der Waals surface area (Å²) < 4.78 is 3.23. The molecule has 20 heavy (non-hydrogen) atoms. The van der Waals surface area contributed by atoms with E-state index in [9.17, 15) is 4.79 Å². The molecule has 104 valence electrons. The van der Waals surface area contributed by atoms with E-state index in [-0.39, 0.29) is 5.69 Å². The Morgan fingerprint density at radius 3 is 2.90 bits per heavy atom. The Kier molecular flexibility index (Phi) is 3.49. The highest BCUT2D eigenvalue weighted by atomic mass is 35.5. The molecule has 0 amide bonds. The van der Waals surface area contributed by atoms with Crippen LogP contribution < -0.4 is 5.69 Å². The van der Waals surface area contributed by atoms with Gasteiger partial charge in [0.05, 0.1) is 15.7 Å². The molecule has 0 radical (unpaired) electrons. The van der Waals surface area contributed by atoms with Gasteiger partial charge in [-0.1, -0.05) is 35.0 Å². The first kappa shape index (κ1) is 13.5. The molecule has 0 fully saturated rings. The zero-order chi connectivity index (χ0) is 14.3. The molecule has 0 aliphatic heterocycles. The Hall–Kier alpha value is -1.44. The van der Waals surface area contributed by atoms with E-state index in [0.717, 1.165) is 5.69 Å². The van der Waals surface area contributed by atoms with E-state index in [1.54, 1.807) is 23.7 Å². The summed E-state index contributed by atoms with van der Waals surface area (Å²) in [7, 11) is 1.66. The number of nitrogens with one attached hydrogen (secondary N) is 1. The van der Waals surface area contributed by atoms with Crippen molar-refractivity contribution in [2.75, 3.05) is 0 Å². The van der Waals surface area contributed by atoms with Gasteiger partial charge in [-0.25, -0.2) is 14.9 Å². The van der Waals surface area contributed by atoms with Gasteiger partial charge in [0.2, 0.25) is 0 Å². The van der Waals surface area contributed by atoms with Gasteiger partial charge in [0.25, 0.3) is 0 Å². The average molecular weight is 330 g/mol. The molecule has 0 spiro atoms. The number of pyridine rings is 1. The van der Waals surface area contributed by atoms with Gasteiger partial charge in [-0.3, -0.25) is 4.57 Å². The van der Waals surface area contributed by atoms with Crippen LogP contribution in [0.1, 0.15) is 5.69 Å². The Labute approximate surface area is 127 Å². The van der Waals surface area contributed by atoms with Gasteiger partial charge in [-0.05, 0) is 6.07 Å². The molecule has 1 N–H and O–H groups in total. The van der Waals surface area contributed by atoms with E-state index in [1.165, 1.54) is 16.3 Å². The SMILES string of the molecule is Cn1c(SCc2cn3cc(Cl)cc(Cl)c3n2)n[nH]c1=O. The van der Waals surface area contributed by atoms with Gasteiger partial charge in [0.1, 0.15) is 0 Å². The first-order valence-electron chi connectivity index (χ1n) is 5.61. The van der Waals surface area contributed by atoms with Crippen molar-refractivity contribution < 1.29 is 0 Å². The largest absolute Gasteiger partial charge is 0.343 e. The highest BCUT2D eigenvalue weighted by Crippen LogP contribution is 2.24. The van der Waals surface area contributed by atoms with E-state index >= 15 is 0 Å². The minimum atomic E-state index is -0.239. The second-order valence-corrected chi connectivity index (χ2v) is 5.91. The van der Waals surface area contributed by atoms with Crippen molar-refractivity contribution in [1.82, 2.24) is 24.1 Å². The third-order valence-electron chi connectivity index (χ3n) is 2.71. The summed E-state index contributed by atoms with van der Waals surface area (Å²) in [4.78, 5) is 15.7. The van der Waals surface area contributed by atoms with Crippen LogP contribution >= 0.6 is 35.0 Å². The van der Waals surface area contributed by atoms with E-state index in [1.807, 2.05) is 6.20 Å². The minimum Gasteiger partial charge on any atom is -0.304 e. The lowest BCUT2D eigenvalue weighted by atomic mass is 10.5. The number of aromatic nitrogens is 5. The van der Waals surface area contributed by atoms with Crippen molar-refractivity contribution >= 4 is 40.6 Å². The summed E-state index contributed by atoms with van der Waals surface area (Å²) in [6.07, 6.45) is 3.60. The van der Waals surface area contributed by atoms with Crippen LogP contribution in [0.3, 0.4) is 0 Å². The van der Waals surface area contributed by atoms with E-state index in [2.05, 4.69) is 15.2 Å². The van der Waals surface area contributed by atoms with Gasteiger partial charge < -0.3 is 4.40 Å². The van der Waals surface area contributed by atoms with E-state index in [0.29, 0.717) is 26.6 Å². The molecule has 6 nitrogen and oxygen atoms in total. The molecule has 0 aromatic carbocycles. The number of hydrogen-bond donors (Lipinski definition) is 1. The van der Waals surface area contributed by atoms with Gasteiger partial charge in [-0.2, -0.15) is 0 Å². The third-order valence-corrected chi connectivity index (χ3v) is 4.26. The monoisotopic (exact) mass is 329 g/mol. The highest BCUT2D eigenvalue weighted by molar-refractivity contribution is 7.98. The zero-order valence-electron chi connectivity index (χ0n) is 10.3. The lowest BCUT2D eigenvalue weighted by molar-refractivity contribution is 0.765. The number of H-pyrrole nitrogens is 1. The predicted molar refractivity (Wildman–Crippen MR) is 78.6 cm³/mol. The van der Waals surface area contributed by atoms with Gasteiger partial charge in [0, 0.05) is 25.2 Å². The molecule has 9 heteroatoms. The topological polar surface area (TPSA) is 68.0 Å². The molecular weight excluding hydrogens is 321 g/mol. The molecule has 0 saturated heterocycles. The van der Waals surface area contributed by atoms with Gasteiger partial charge in [-0.15, -0.1) is 5.10 Å². The number of thioether (sulfide) groups is 1. The number of fused-ring (bicyclic) bond motifs is 1. The third kappa shape index (κ3) is 2.44. The maximum atomic E-state index is 11.3. The first-order chi connectivity index (χ1) is 9.54. The normalized spacial score (nSPS) is 11.3. The lowest BCUT2D eigenvalue weighted by Gasteiger charge is -1.96. The van der Waals surface area contributed by atoms with Crippen molar-refractivity contribution in [3.05, 3.63) is 44.7 Å². The second-order valence-electron chi connectivity index (χ2n) is 4.13. The molecule has 0 bridgehead atoms. The number of nitrogens with zero attached hydrogens (tertiary/aromatic N) is 4. The molecular formula is C11H9Cl2N5OS. The maximum absolute atomic E-state index is 11.3. The van der Waals surface area contributed by atoms with E-state index < -0.39 is 0 Å². The molecule has 3 rings (SSSR count). The number of halogens is 2. The molecule has 3 aromatic heterocycles. The summed E-state index contributed by atoms with van der Waals surface area (Å²) >= 11 is 13.4. The van der Waals surface area contributed by atoms with Gasteiger partial charge >= 0.3 is 5.69 Å². The minimum absolute atomic E-state index is 0.239.